The van der Waals surface area contributed by atoms with Gasteiger partial charge in [0, 0.05) is 22.5 Å². The highest BCUT2D eigenvalue weighted by atomic mass is 16.3. The van der Waals surface area contributed by atoms with Gasteiger partial charge >= 0.3 is 0 Å². The van der Waals surface area contributed by atoms with E-state index in [0.29, 0.717) is 5.69 Å². The van der Waals surface area contributed by atoms with Crippen molar-refractivity contribution in [3.8, 4) is 6.07 Å². The number of rotatable bonds is 2. The van der Waals surface area contributed by atoms with Crippen LogP contribution in [-0.4, -0.2) is 15.1 Å². The summed E-state index contributed by atoms with van der Waals surface area (Å²) in [6.45, 7) is 3.55. The van der Waals surface area contributed by atoms with E-state index < -0.39 is 6.10 Å². The molecular formula is C15H11N3O. The molecule has 0 aliphatic carbocycles. The van der Waals surface area contributed by atoms with Crippen LogP contribution in [0.3, 0.4) is 0 Å². The Balaban J connectivity index is 2.33. The van der Waals surface area contributed by atoms with Crippen LogP contribution in [0.25, 0.3) is 21.8 Å². The monoisotopic (exact) mass is 249 g/mol. The summed E-state index contributed by atoms with van der Waals surface area (Å²) in [7, 11) is 0. The SMILES string of the molecule is C=C(C#N)C(O)c1nccc2c1[nH]c1ccccc12. The molecule has 0 saturated heterocycles. The molecule has 4 heteroatoms. The van der Waals surface area contributed by atoms with E-state index >= 15 is 0 Å². The Bertz CT molecular complexity index is 826. The highest BCUT2D eigenvalue weighted by molar-refractivity contribution is 6.07. The van der Waals surface area contributed by atoms with Crippen LogP contribution >= 0.6 is 0 Å². The van der Waals surface area contributed by atoms with Crippen LogP contribution in [-0.2, 0) is 0 Å². The number of aromatic nitrogens is 2. The topological polar surface area (TPSA) is 72.7 Å². The van der Waals surface area contributed by atoms with Gasteiger partial charge in [-0.05, 0) is 12.1 Å². The normalized spacial score (nSPS) is 12.4. The molecule has 0 spiro atoms. The van der Waals surface area contributed by atoms with Crippen LogP contribution in [0.15, 0.2) is 48.7 Å². The summed E-state index contributed by atoms with van der Waals surface area (Å²) in [5, 5.41) is 21.0. The number of H-pyrrole nitrogens is 1. The van der Waals surface area contributed by atoms with Crippen molar-refractivity contribution in [2.24, 2.45) is 0 Å². The van der Waals surface area contributed by atoms with Crippen molar-refractivity contribution in [3.63, 3.8) is 0 Å². The Morgan fingerprint density at radius 3 is 2.89 bits per heavy atom. The first-order valence-electron chi connectivity index (χ1n) is 5.84. The summed E-state index contributed by atoms with van der Waals surface area (Å²) in [6, 6.07) is 11.6. The zero-order valence-electron chi connectivity index (χ0n) is 10.1. The van der Waals surface area contributed by atoms with Gasteiger partial charge in [0.2, 0.25) is 0 Å². The third-order valence-corrected chi connectivity index (χ3v) is 3.19. The van der Waals surface area contributed by atoms with Gasteiger partial charge in [-0.15, -0.1) is 0 Å². The van der Waals surface area contributed by atoms with E-state index in [2.05, 4.69) is 16.5 Å². The van der Waals surface area contributed by atoms with E-state index in [0.717, 1.165) is 21.8 Å². The number of nitrogens with zero attached hydrogens (tertiary/aromatic N) is 2. The van der Waals surface area contributed by atoms with Crippen LogP contribution in [0, 0.1) is 11.3 Å². The summed E-state index contributed by atoms with van der Waals surface area (Å²) in [5.74, 6) is 0. The Hall–Kier alpha value is -2.64. The molecule has 0 fully saturated rings. The predicted octanol–water partition coefficient (Wildman–Crippen LogP) is 2.83. The maximum absolute atomic E-state index is 10.1. The first-order valence-corrected chi connectivity index (χ1v) is 5.84. The maximum Gasteiger partial charge on any atom is 0.132 e. The van der Waals surface area contributed by atoms with Crippen LogP contribution in [0.5, 0.6) is 0 Å². The lowest BCUT2D eigenvalue weighted by Gasteiger charge is -2.08. The van der Waals surface area contributed by atoms with Gasteiger partial charge < -0.3 is 10.1 Å². The van der Waals surface area contributed by atoms with Crippen LogP contribution in [0.4, 0.5) is 0 Å². The number of hydrogen-bond acceptors (Lipinski definition) is 3. The first kappa shape index (κ1) is 11.5. The second kappa shape index (κ2) is 4.23. The molecular weight excluding hydrogens is 238 g/mol. The molecule has 0 amide bonds. The summed E-state index contributed by atoms with van der Waals surface area (Å²) in [4.78, 5) is 7.41. The molecule has 1 unspecified atom stereocenters. The molecule has 0 radical (unpaired) electrons. The fraction of sp³-hybridized carbons (Fsp3) is 0.0667. The van der Waals surface area contributed by atoms with E-state index in [-0.39, 0.29) is 5.57 Å². The maximum atomic E-state index is 10.1. The molecule has 0 saturated carbocycles. The van der Waals surface area contributed by atoms with Gasteiger partial charge in [-0.1, -0.05) is 24.8 Å². The number of hydrogen-bond donors (Lipinski definition) is 2. The average molecular weight is 249 g/mol. The Labute approximate surface area is 109 Å². The summed E-state index contributed by atoms with van der Waals surface area (Å²) >= 11 is 0. The van der Waals surface area contributed by atoms with Crippen LogP contribution in [0.2, 0.25) is 0 Å². The minimum atomic E-state index is -1.08. The fourth-order valence-electron chi connectivity index (χ4n) is 2.23. The second-order valence-corrected chi connectivity index (χ2v) is 4.33. The quantitative estimate of drug-likeness (QED) is 0.686. The number of nitrogens with one attached hydrogen (secondary N) is 1. The second-order valence-electron chi connectivity index (χ2n) is 4.33. The third-order valence-electron chi connectivity index (χ3n) is 3.19. The van der Waals surface area contributed by atoms with Crippen LogP contribution in [0.1, 0.15) is 11.8 Å². The van der Waals surface area contributed by atoms with Gasteiger partial charge in [0.1, 0.15) is 6.10 Å². The highest BCUT2D eigenvalue weighted by Crippen LogP contribution is 2.30. The van der Waals surface area contributed by atoms with Crippen LogP contribution < -0.4 is 0 Å². The average Bonchev–Trinajstić information content (AvgIpc) is 2.84. The number of para-hydroxylation sites is 1. The lowest BCUT2D eigenvalue weighted by atomic mass is 10.1. The number of fused-ring (bicyclic) bond motifs is 3. The smallest absolute Gasteiger partial charge is 0.132 e. The number of pyridine rings is 1. The molecule has 3 aromatic rings. The molecule has 2 aromatic heterocycles. The zero-order valence-corrected chi connectivity index (χ0v) is 10.1. The Kier molecular flexibility index (Phi) is 2.55. The molecule has 19 heavy (non-hydrogen) atoms. The van der Waals surface area contributed by atoms with Crippen molar-refractivity contribution in [1.82, 2.24) is 9.97 Å². The predicted molar refractivity (Wildman–Crippen MR) is 73.3 cm³/mol. The van der Waals surface area contributed by atoms with E-state index in [9.17, 15) is 5.11 Å². The van der Waals surface area contributed by atoms with Gasteiger partial charge in [-0.2, -0.15) is 5.26 Å². The fourth-order valence-corrected chi connectivity index (χ4v) is 2.23. The minimum Gasteiger partial charge on any atom is -0.381 e. The Morgan fingerprint density at radius 2 is 2.11 bits per heavy atom. The van der Waals surface area contributed by atoms with Crippen molar-refractivity contribution in [2.45, 2.75) is 6.10 Å². The van der Waals surface area contributed by atoms with Crippen molar-refractivity contribution >= 4 is 21.8 Å². The molecule has 2 heterocycles. The number of aromatic amines is 1. The number of nitriles is 1. The standard InChI is InChI=1S/C15H11N3O/c1-9(8-16)15(19)14-13-11(6-7-17-14)10-4-2-3-5-12(10)18-13/h2-7,15,18-19H,1H2. The van der Waals surface area contributed by atoms with Gasteiger partial charge in [-0.3, -0.25) is 4.98 Å². The number of benzene rings is 1. The van der Waals surface area contributed by atoms with Crippen molar-refractivity contribution in [2.75, 3.05) is 0 Å². The van der Waals surface area contributed by atoms with E-state index in [1.165, 1.54) is 0 Å². The zero-order chi connectivity index (χ0) is 13.4. The van der Waals surface area contributed by atoms with Crippen molar-refractivity contribution in [3.05, 3.63) is 54.4 Å². The molecule has 0 aliphatic heterocycles. The van der Waals surface area contributed by atoms with Crippen molar-refractivity contribution in [1.29, 1.82) is 5.26 Å². The molecule has 1 atom stereocenters. The lowest BCUT2D eigenvalue weighted by molar-refractivity contribution is 0.217. The molecule has 4 nitrogen and oxygen atoms in total. The molecule has 0 bridgehead atoms. The largest absolute Gasteiger partial charge is 0.381 e. The molecule has 2 N–H and O–H groups in total. The summed E-state index contributed by atoms with van der Waals surface area (Å²) in [6.07, 6.45) is 0.549. The summed E-state index contributed by atoms with van der Waals surface area (Å²) < 4.78 is 0. The first-order chi connectivity index (χ1) is 9.22. The lowest BCUT2D eigenvalue weighted by Crippen LogP contribution is -2.02. The van der Waals surface area contributed by atoms with Gasteiger partial charge in [0.25, 0.3) is 0 Å². The van der Waals surface area contributed by atoms with E-state index in [4.69, 9.17) is 5.26 Å². The molecule has 3 rings (SSSR count). The molecule has 0 aliphatic rings. The van der Waals surface area contributed by atoms with E-state index in [1.54, 1.807) is 6.20 Å². The van der Waals surface area contributed by atoms with Gasteiger partial charge in [-0.25, -0.2) is 0 Å². The Morgan fingerprint density at radius 1 is 1.32 bits per heavy atom. The number of aliphatic hydroxyl groups excluding tert-OH is 1. The molecule has 1 aromatic carbocycles. The minimum absolute atomic E-state index is 0.0821. The van der Waals surface area contributed by atoms with Crippen molar-refractivity contribution < 1.29 is 5.11 Å². The van der Waals surface area contributed by atoms with Gasteiger partial charge in [0.05, 0.1) is 22.9 Å². The van der Waals surface area contributed by atoms with E-state index in [1.807, 2.05) is 36.4 Å². The number of aliphatic hydroxyl groups is 1. The summed E-state index contributed by atoms with van der Waals surface area (Å²) in [5.41, 5.74) is 2.23. The highest BCUT2D eigenvalue weighted by Gasteiger charge is 2.18. The molecule has 92 valence electrons. The van der Waals surface area contributed by atoms with Gasteiger partial charge in [0.15, 0.2) is 0 Å². The third kappa shape index (κ3) is 1.68.